The normalized spacial score (nSPS) is 17.9. The standard InChI is InChI=1S/C15H18N2O3S/c1-8-13(9(2)18)14(17-15(21)16-8)11-6-5-10(19-3)7-12(11)20-4/h5-7,14H,1-4H3,(H2,16,17,21). The zero-order valence-electron chi connectivity index (χ0n) is 12.4. The molecule has 1 aromatic rings. The Morgan fingerprint density at radius 1 is 1.29 bits per heavy atom. The molecule has 2 N–H and O–H groups in total. The molecule has 1 aromatic carbocycles. The number of methoxy groups -OCH3 is 2. The molecule has 1 heterocycles. The van der Waals surface area contributed by atoms with Gasteiger partial charge in [0, 0.05) is 22.9 Å². The van der Waals surface area contributed by atoms with Gasteiger partial charge in [-0.2, -0.15) is 0 Å². The number of nitrogens with one attached hydrogen (secondary N) is 2. The van der Waals surface area contributed by atoms with Gasteiger partial charge in [-0.25, -0.2) is 0 Å². The van der Waals surface area contributed by atoms with Gasteiger partial charge in [-0.05, 0) is 38.2 Å². The van der Waals surface area contributed by atoms with E-state index >= 15 is 0 Å². The maximum Gasteiger partial charge on any atom is 0.171 e. The summed E-state index contributed by atoms with van der Waals surface area (Å²) in [6.45, 7) is 3.38. The van der Waals surface area contributed by atoms with Gasteiger partial charge in [0.25, 0.3) is 0 Å². The molecular formula is C15H18N2O3S. The second kappa shape index (κ2) is 6.13. The van der Waals surface area contributed by atoms with E-state index in [0.29, 0.717) is 22.2 Å². The van der Waals surface area contributed by atoms with Crippen molar-refractivity contribution in [2.45, 2.75) is 19.9 Å². The Morgan fingerprint density at radius 2 is 2.00 bits per heavy atom. The third kappa shape index (κ3) is 3.00. The lowest BCUT2D eigenvalue weighted by atomic mass is 9.92. The molecule has 6 heteroatoms. The monoisotopic (exact) mass is 306 g/mol. The molecule has 0 saturated heterocycles. The van der Waals surface area contributed by atoms with Crippen molar-refractivity contribution in [3.8, 4) is 11.5 Å². The summed E-state index contributed by atoms with van der Waals surface area (Å²) in [7, 11) is 3.18. The highest BCUT2D eigenvalue weighted by Crippen LogP contribution is 2.35. The Morgan fingerprint density at radius 3 is 2.57 bits per heavy atom. The summed E-state index contributed by atoms with van der Waals surface area (Å²) in [5.41, 5.74) is 2.24. The fourth-order valence-corrected chi connectivity index (χ4v) is 2.72. The summed E-state index contributed by atoms with van der Waals surface area (Å²) in [5, 5.41) is 6.60. The molecule has 0 aliphatic carbocycles. The van der Waals surface area contributed by atoms with Crippen molar-refractivity contribution < 1.29 is 14.3 Å². The molecule has 1 aliphatic heterocycles. The highest BCUT2D eigenvalue weighted by molar-refractivity contribution is 7.80. The number of carbonyl (C=O) groups is 1. The SMILES string of the molecule is COc1ccc(C2NC(=S)NC(C)=C2C(C)=O)c(OC)c1. The largest absolute Gasteiger partial charge is 0.497 e. The van der Waals surface area contributed by atoms with Crippen LogP contribution in [0.1, 0.15) is 25.5 Å². The van der Waals surface area contributed by atoms with Crippen LogP contribution in [0, 0.1) is 0 Å². The summed E-state index contributed by atoms with van der Waals surface area (Å²) in [6.07, 6.45) is 0. The minimum Gasteiger partial charge on any atom is -0.497 e. The third-order valence-electron chi connectivity index (χ3n) is 3.40. The first-order valence-electron chi connectivity index (χ1n) is 6.49. The van der Waals surface area contributed by atoms with E-state index in [1.165, 1.54) is 0 Å². The van der Waals surface area contributed by atoms with Gasteiger partial charge in [-0.15, -0.1) is 0 Å². The van der Waals surface area contributed by atoms with E-state index in [0.717, 1.165) is 11.3 Å². The molecular weight excluding hydrogens is 288 g/mol. The fourth-order valence-electron chi connectivity index (χ4n) is 2.45. The third-order valence-corrected chi connectivity index (χ3v) is 3.62. The molecule has 1 aliphatic rings. The summed E-state index contributed by atoms with van der Waals surface area (Å²) >= 11 is 5.19. The number of thiocarbonyl (C=S) groups is 1. The van der Waals surface area contributed by atoms with Gasteiger partial charge in [0.05, 0.1) is 20.3 Å². The zero-order chi connectivity index (χ0) is 15.6. The van der Waals surface area contributed by atoms with E-state index in [4.69, 9.17) is 21.7 Å². The quantitative estimate of drug-likeness (QED) is 0.831. The lowest BCUT2D eigenvalue weighted by Gasteiger charge is -2.30. The topological polar surface area (TPSA) is 59.6 Å². The predicted molar refractivity (Wildman–Crippen MR) is 84.5 cm³/mol. The van der Waals surface area contributed by atoms with Crippen molar-refractivity contribution in [2.75, 3.05) is 14.2 Å². The first-order chi connectivity index (χ1) is 9.97. The van der Waals surface area contributed by atoms with Gasteiger partial charge in [-0.1, -0.05) is 0 Å². The van der Waals surface area contributed by atoms with Crippen LogP contribution in [-0.2, 0) is 4.79 Å². The summed E-state index contributed by atoms with van der Waals surface area (Å²) in [5.74, 6) is 1.32. The summed E-state index contributed by atoms with van der Waals surface area (Å²) in [6, 6.07) is 5.16. The molecule has 0 amide bonds. The molecule has 0 radical (unpaired) electrons. The Hall–Kier alpha value is -2.08. The van der Waals surface area contributed by atoms with E-state index in [1.807, 2.05) is 19.1 Å². The molecule has 0 fully saturated rings. The summed E-state index contributed by atoms with van der Waals surface area (Å²) in [4.78, 5) is 12.0. The van der Waals surface area contributed by atoms with E-state index in [1.54, 1.807) is 27.2 Å². The number of ether oxygens (including phenoxy) is 2. The van der Waals surface area contributed by atoms with Crippen LogP contribution < -0.4 is 20.1 Å². The molecule has 0 bridgehead atoms. The highest BCUT2D eigenvalue weighted by Gasteiger charge is 2.29. The van der Waals surface area contributed by atoms with Crippen LogP contribution in [0.3, 0.4) is 0 Å². The van der Waals surface area contributed by atoms with Gasteiger partial charge in [0.15, 0.2) is 10.9 Å². The molecule has 21 heavy (non-hydrogen) atoms. The molecule has 5 nitrogen and oxygen atoms in total. The molecule has 0 spiro atoms. The second-order valence-electron chi connectivity index (χ2n) is 4.73. The van der Waals surface area contributed by atoms with E-state index in [2.05, 4.69) is 10.6 Å². The lowest BCUT2D eigenvalue weighted by Crippen LogP contribution is -2.44. The number of hydrogen-bond acceptors (Lipinski definition) is 4. The van der Waals surface area contributed by atoms with Crippen LogP contribution in [0.5, 0.6) is 11.5 Å². The van der Waals surface area contributed by atoms with Crippen molar-refractivity contribution >= 4 is 23.1 Å². The van der Waals surface area contributed by atoms with Gasteiger partial charge < -0.3 is 20.1 Å². The zero-order valence-corrected chi connectivity index (χ0v) is 13.3. The minimum absolute atomic E-state index is 0.0159. The number of Topliss-reactive ketones (excluding diaryl/α,β-unsaturated/α-hetero) is 1. The average Bonchev–Trinajstić information content (AvgIpc) is 2.45. The van der Waals surface area contributed by atoms with E-state index < -0.39 is 0 Å². The Labute approximate surface area is 129 Å². The maximum absolute atomic E-state index is 12.0. The highest BCUT2D eigenvalue weighted by atomic mass is 32.1. The first-order valence-corrected chi connectivity index (χ1v) is 6.90. The molecule has 2 rings (SSSR count). The molecule has 1 atom stereocenters. The smallest absolute Gasteiger partial charge is 0.171 e. The van der Waals surface area contributed by atoms with E-state index in [9.17, 15) is 4.79 Å². The number of ketones is 1. The minimum atomic E-state index is -0.336. The van der Waals surface area contributed by atoms with Crippen molar-refractivity contribution in [2.24, 2.45) is 0 Å². The van der Waals surface area contributed by atoms with Gasteiger partial charge in [0.2, 0.25) is 0 Å². The Bertz CT molecular complexity index is 625. The number of carbonyl (C=O) groups excluding carboxylic acids is 1. The number of allylic oxidation sites excluding steroid dienone is 1. The maximum atomic E-state index is 12.0. The average molecular weight is 306 g/mol. The van der Waals surface area contributed by atoms with Crippen molar-refractivity contribution in [1.29, 1.82) is 0 Å². The van der Waals surface area contributed by atoms with Crippen LogP contribution in [0.4, 0.5) is 0 Å². The van der Waals surface area contributed by atoms with Crippen LogP contribution in [-0.4, -0.2) is 25.1 Å². The first kappa shape index (κ1) is 15.3. The summed E-state index contributed by atoms with van der Waals surface area (Å²) < 4.78 is 10.6. The fraction of sp³-hybridized carbons (Fsp3) is 0.333. The number of rotatable bonds is 4. The van der Waals surface area contributed by atoms with Gasteiger partial charge in [0.1, 0.15) is 11.5 Å². The van der Waals surface area contributed by atoms with Crippen LogP contribution in [0.2, 0.25) is 0 Å². The Kier molecular flexibility index (Phi) is 4.47. The predicted octanol–water partition coefficient (Wildman–Crippen LogP) is 2.09. The second-order valence-corrected chi connectivity index (χ2v) is 5.14. The number of benzene rings is 1. The lowest BCUT2D eigenvalue weighted by molar-refractivity contribution is -0.114. The van der Waals surface area contributed by atoms with Crippen molar-refractivity contribution in [3.05, 3.63) is 35.0 Å². The Balaban J connectivity index is 2.55. The molecule has 0 aromatic heterocycles. The van der Waals surface area contributed by atoms with E-state index in [-0.39, 0.29) is 11.8 Å². The van der Waals surface area contributed by atoms with Crippen molar-refractivity contribution in [3.63, 3.8) is 0 Å². The van der Waals surface area contributed by atoms with Crippen LogP contribution in [0.15, 0.2) is 29.5 Å². The van der Waals surface area contributed by atoms with Crippen LogP contribution >= 0.6 is 12.2 Å². The van der Waals surface area contributed by atoms with Gasteiger partial charge >= 0.3 is 0 Å². The van der Waals surface area contributed by atoms with Crippen molar-refractivity contribution in [1.82, 2.24) is 10.6 Å². The number of hydrogen-bond donors (Lipinski definition) is 2. The van der Waals surface area contributed by atoms with Crippen LogP contribution in [0.25, 0.3) is 0 Å². The molecule has 112 valence electrons. The molecule has 1 unspecified atom stereocenters. The van der Waals surface area contributed by atoms with Gasteiger partial charge in [-0.3, -0.25) is 4.79 Å². The molecule has 0 saturated carbocycles.